The van der Waals surface area contributed by atoms with Crippen molar-refractivity contribution in [3.63, 3.8) is 0 Å². The van der Waals surface area contributed by atoms with Crippen molar-refractivity contribution in [2.75, 3.05) is 17.2 Å². The van der Waals surface area contributed by atoms with Crippen LogP contribution in [0.2, 0.25) is 0 Å². The summed E-state index contributed by atoms with van der Waals surface area (Å²) < 4.78 is 0. The van der Waals surface area contributed by atoms with Gasteiger partial charge in [-0.25, -0.2) is 4.98 Å². The Morgan fingerprint density at radius 1 is 1.10 bits per heavy atom. The van der Waals surface area contributed by atoms with Crippen LogP contribution < -0.4 is 10.6 Å². The molecule has 0 bridgehead atoms. The number of carbonyl (C=O) groups excluding carboxylic acids is 2. The number of rotatable bonds is 5. The fourth-order valence-electron chi connectivity index (χ4n) is 3.23. The molecular formula is C22H21N5O2. The zero-order chi connectivity index (χ0) is 20.2. The van der Waals surface area contributed by atoms with Gasteiger partial charge in [0.25, 0.3) is 5.91 Å². The second kappa shape index (κ2) is 8.10. The van der Waals surface area contributed by atoms with E-state index in [0.717, 1.165) is 16.8 Å². The minimum Gasteiger partial charge on any atom is -0.359 e. The predicted octanol–water partition coefficient (Wildman–Crippen LogP) is 2.99. The molecule has 7 heteroatoms. The lowest BCUT2D eigenvalue weighted by atomic mass is 10.1. The van der Waals surface area contributed by atoms with Crippen LogP contribution >= 0.6 is 0 Å². The predicted molar refractivity (Wildman–Crippen MR) is 110 cm³/mol. The summed E-state index contributed by atoms with van der Waals surface area (Å²) in [4.78, 5) is 35.5. The molecule has 0 spiro atoms. The number of hydrogen-bond donors (Lipinski definition) is 2. The number of hydrogen-bond acceptors (Lipinski definition) is 5. The van der Waals surface area contributed by atoms with Crippen LogP contribution in [0.4, 0.5) is 11.5 Å². The van der Waals surface area contributed by atoms with Gasteiger partial charge in [-0.2, -0.15) is 0 Å². The van der Waals surface area contributed by atoms with Crippen molar-refractivity contribution in [3.05, 3.63) is 83.3 Å². The monoisotopic (exact) mass is 387 g/mol. The van der Waals surface area contributed by atoms with Gasteiger partial charge in [0.2, 0.25) is 5.91 Å². The number of aromatic nitrogens is 2. The highest BCUT2D eigenvalue weighted by Gasteiger charge is 2.22. The maximum absolute atomic E-state index is 13.4. The lowest BCUT2D eigenvalue weighted by Crippen LogP contribution is -2.32. The second-order valence-electron chi connectivity index (χ2n) is 6.94. The first-order valence-corrected chi connectivity index (χ1v) is 9.37. The van der Waals surface area contributed by atoms with E-state index in [2.05, 4.69) is 20.6 Å². The summed E-state index contributed by atoms with van der Waals surface area (Å²) in [5.41, 5.74) is 3.82. The maximum Gasteiger partial charge on any atom is 0.256 e. The Balaban J connectivity index is 1.64. The van der Waals surface area contributed by atoms with Crippen LogP contribution in [0, 0.1) is 6.92 Å². The van der Waals surface area contributed by atoms with Gasteiger partial charge in [-0.1, -0.05) is 36.4 Å². The van der Waals surface area contributed by atoms with Crippen molar-refractivity contribution in [2.24, 2.45) is 0 Å². The van der Waals surface area contributed by atoms with Gasteiger partial charge in [0.15, 0.2) is 0 Å². The van der Waals surface area contributed by atoms with E-state index in [-0.39, 0.29) is 18.4 Å². The number of fused-ring (bicyclic) bond motifs is 1. The van der Waals surface area contributed by atoms with Crippen molar-refractivity contribution in [1.29, 1.82) is 0 Å². The van der Waals surface area contributed by atoms with E-state index in [1.54, 1.807) is 17.2 Å². The molecule has 0 aliphatic carbocycles. The lowest BCUT2D eigenvalue weighted by Gasteiger charge is -2.24. The molecule has 0 saturated carbocycles. The van der Waals surface area contributed by atoms with E-state index in [9.17, 15) is 9.59 Å². The summed E-state index contributed by atoms with van der Waals surface area (Å²) >= 11 is 0. The number of nitrogens with zero attached hydrogens (tertiary/aromatic N) is 3. The average molecular weight is 387 g/mol. The molecule has 4 rings (SSSR count). The van der Waals surface area contributed by atoms with Crippen LogP contribution in [-0.2, 0) is 17.9 Å². The van der Waals surface area contributed by atoms with Gasteiger partial charge in [-0.05, 0) is 30.2 Å². The van der Waals surface area contributed by atoms with Crippen LogP contribution in [0.5, 0.6) is 0 Å². The molecule has 2 amide bonds. The van der Waals surface area contributed by atoms with E-state index in [1.807, 2.05) is 49.4 Å². The Morgan fingerprint density at radius 2 is 1.93 bits per heavy atom. The molecule has 0 unspecified atom stereocenters. The number of carbonyl (C=O) groups is 2. The van der Waals surface area contributed by atoms with Gasteiger partial charge in [0, 0.05) is 18.9 Å². The highest BCUT2D eigenvalue weighted by Crippen LogP contribution is 2.24. The summed E-state index contributed by atoms with van der Waals surface area (Å²) in [6.45, 7) is 2.97. The normalized spacial score (nSPS) is 12.5. The third-order valence-corrected chi connectivity index (χ3v) is 4.79. The molecule has 0 fully saturated rings. The summed E-state index contributed by atoms with van der Waals surface area (Å²) in [6.07, 6.45) is 3.27. The zero-order valence-corrected chi connectivity index (χ0v) is 16.1. The fraction of sp³-hybridized carbons (Fsp3) is 0.182. The van der Waals surface area contributed by atoms with Gasteiger partial charge in [0.05, 0.1) is 30.0 Å². The first-order valence-electron chi connectivity index (χ1n) is 9.37. The Bertz CT molecular complexity index is 1050. The second-order valence-corrected chi connectivity index (χ2v) is 6.94. The van der Waals surface area contributed by atoms with Gasteiger partial charge < -0.3 is 15.5 Å². The topological polar surface area (TPSA) is 87.2 Å². The van der Waals surface area contributed by atoms with Crippen LogP contribution in [0.15, 0.2) is 60.9 Å². The highest BCUT2D eigenvalue weighted by atomic mass is 16.2. The van der Waals surface area contributed by atoms with Crippen LogP contribution in [-0.4, -0.2) is 33.2 Å². The molecule has 1 aliphatic rings. The molecule has 1 aliphatic heterocycles. The highest BCUT2D eigenvalue weighted by molar-refractivity contribution is 6.02. The SMILES string of the molecule is Cc1cccnc1CN(Cc1ccccc1)C(=O)c1cnc2c(c1)NC(=O)CN2. The molecule has 0 saturated heterocycles. The molecule has 7 nitrogen and oxygen atoms in total. The molecular weight excluding hydrogens is 366 g/mol. The molecule has 1 aromatic carbocycles. The Labute approximate surface area is 168 Å². The van der Waals surface area contributed by atoms with E-state index in [0.29, 0.717) is 30.2 Å². The van der Waals surface area contributed by atoms with Crippen LogP contribution in [0.1, 0.15) is 27.2 Å². The summed E-state index contributed by atoms with van der Waals surface area (Å²) in [5, 5.41) is 5.69. The quantitative estimate of drug-likeness (QED) is 0.703. The number of pyridine rings is 2. The van der Waals surface area contributed by atoms with E-state index in [1.165, 1.54) is 6.20 Å². The van der Waals surface area contributed by atoms with Crippen molar-refractivity contribution in [1.82, 2.24) is 14.9 Å². The minimum atomic E-state index is -0.172. The van der Waals surface area contributed by atoms with Gasteiger partial charge in [0.1, 0.15) is 5.82 Å². The Morgan fingerprint density at radius 3 is 2.72 bits per heavy atom. The largest absolute Gasteiger partial charge is 0.359 e. The number of nitrogens with one attached hydrogen (secondary N) is 2. The summed E-state index contributed by atoms with van der Waals surface area (Å²) in [5.74, 6) is 0.236. The van der Waals surface area contributed by atoms with Gasteiger partial charge >= 0.3 is 0 Å². The van der Waals surface area contributed by atoms with E-state index < -0.39 is 0 Å². The third kappa shape index (κ3) is 4.24. The molecule has 3 heterocycles. The standard InChI is InChI=1S/C22H21N5O2/c1-15-6-5-9-23-19(15)14-27(13-16-7-3-2-4-8-16)22(29)17-10-18-21(24-11-17)25-12-20(28)26-18/h2-11H,12-14H2,1H3,(H,24,25)(H,26,28). The van der Waals surface area contributed by atoms with Crippen LogP contribution in [0.3, 0.4) is 0 Å². The van der Waals surface area contributed by atoms with Gasteiger partial charge in [-0.3, -0.25) is 14.6 Å². The van der Waals surface area contributed by atoms with Crippen molar-refractivity contribution >= 4 is 23.3 Å². The third-order valence-electron chi connectivity index (χ3n) is 4.79. The van der Waals surface area contributed by atoms with E-state index in [4.69, 9.17) is 0 Å². The number of aryl methyl sites for hydroxylation is 1. The fourth-order valence-corrected chi connectivity index (χ4v) is 3.23. The Hall–Kier alpha value is -3.74. The average Bonchev–Trinajstić information content (AvgIpc) is 2.74. The maximum atomic E-state index is 13.4. The summed E-state index contributed by atoms with van der Waals surface area (Å²) in [7, 11) is 0. The molecule has 3 aromatic rings. The number of amides is 2. The van der Waals surface area contributed by atoms with Crippen molar-refractivity contribution < 1.29 is 9.59 Å². The summed E-state index contributed by atoms with van der Waals surface area (Å²) in [6, 6.07) is 15.3. The smallest absolute Gasteiger partial charge is 0.256 e. The number of benzene rings is 1. The van der Waals surface area contributed by atoms with Crippen molar-refractivity contribution in [3.8, 4) is 0 Å². The van der Waals surface area contributed by atoms with Crippen molar-refractivity contribution in [2.45, 2.75) is 20.0 Å². The van der Waals surface area contributed by atoms with E-state index >= 15 is 0 Å². The molecule has 2 aromatic heterocycles. The zero-order valence-electron chi connectivity index (χ0n) is 16.1. The first kappa shape index (κ1) is 18.6. The molecule has 146 valence electrons. The van der Waals surface area contributed by atoms with Gasteiger partial charge in [-0.15, -0.1) is 0 Å². The molecule has 0 atom stereocenters. The minimum absolute atomic E-state index is 0.158. The first-order chi connectivity index (χ1) is 14.1. The molecule has 0 radical (unpaired) electrons. The Kier molecular flexibility index (Phi) is 5.20. The molecule has 29 heavy (non-hydrogen) atoms. The van der Waals surface area contributed by atoms with Crippen LogP contribution in [0.25, 0.3) is 0 Å². The number of anilines is 2. The molecule has 2 N–H and O–H groups in total. The lowest BCUT2D eigenvalue weighted by molar-refractivity contribution is -0.114.